The van der Waals surface area contributed by atoms with E-state index in [9.17, 15) is 4.57 Å². The minimum atomic E-state index is -3.37. The lowest BCUT2D eigenvalue weighted by molar-refractivity contribution is -0.122. The summed E-state index contributed by atoms with van der Waals surface area (Å²) in [4.78, 5) is 0. The molecule has 0 aromatic rings. The molecule has 1 heterocycles. The van der Waals surface area contributed by atoms with Crippen molar-refractivity contribution in [3.63, 3.8) is 0 Å². The van der Waals surface area contributed by atoms with Crippen LogP contribution in [-0.2, 0) is 18.4 Å². The molecule has 1 aliphatic rings. The Morgan fingerprint density at radius 2 is 2.08 bits per heavy atom. The zero-order valence-electron chi connectivity index (χ0n) is 6.93. The summed E-state index contributed by atoms with van der Waals surface area (Å²) in [5.41, 5.74) is 5.18. The van der Waals surface area contributed by atoms with Gasteiger partial charge < -0.3 is 9.18 Å². The first-order valence-electron chi connectivity index (χ1n) is 3.61. The molecule has 70 valence electrons. The number of rotatable bonds is 3. The van der Waals surface area contributed by atoms with E-state index < -0.39 is 7.75 Å². The molecule has 1 aliphatic heterocycles. The maximum Gasteiger partial charge on any atom is 0.404 e. The molecule has 6 nitrogen and oxygen atoms in total. The summed E-state index contributed by atoms with van der Waals surface area (Å²) in [6.07, 6.45) is 0. The van der Waals surface area contributed by atoms with Gasteiger partial charge in [0.25, 0.3) is 8.05 Å². The van der Waals surface area contributed by atoms with Crippen molar-refractivity contribution in [2.45, 2.75) is 0 Å². The molecular formula is C4H12BN2O4P. The molecule has 0 aliphatic carbocycles. The van der Waals surface area contributed by atoms with E-state index in [2.05, 4.69) is 4.44 Å². The second kappa shape index (κ2) is 4.36. The van der Waals surface area contributed by atoms with Crippen LogP contribution in [0.4, 0.5) is 0 Å². The van der Waals surface area contributed by atoms with Gasteiger partial charge in [0.1, 0.15) is 0 Å². The van der Waals surface area contributed by atoms with Crippen LogP contribution in [0.25, 0.3) is 0 Å². The molecule has 0 saturated carbocycles. The van der Waals surface area contributed by atoms with Crippen molar-refractivity contribution in [1.82, 2.24) is 5.06 Å². The topological polar surface area (TPSA) is 74.0 Å². The van der Waals surface area contributed by atoms with Crippen LogP contribution in [0.2, 0.25) is 0 Å². The lowest BCUT2D eigenvalue weighted by Crippen LogP contribution is -2.36. The van der Waals surface area contributed by atoms with Crippen LogP contribution >= 0.6 is 7.75 Å². The average molecular weight is 194 g/mol. The van der Waals surface area contributed by atoms with Gasteiger partial charge in [-0.25, -0.2) is 14.7 Å². The molecule has 8 heteroatoms. The molecule has 0 radical (unpaired) electrons. The van der Waals surface area contributed by atoms with Crippen LogP contribution in [0.5, 0.6) is 0 Å². The number of morpholine rings is 1. The number of hydroxylamine groups is 2. The minimum Gasteiger partial charge on any atom is -0.379 e. The second-order valence-electron chi connectivity index (χ2n) is 2.35. The van der Waals surface area contributed by atoms with Crippen LogP contribution in [0, 0.1) is 0 Å². The lowest BCUT2D eigenvalue weighted by Gasteiger charge is -2.27. The van der Waals surface area contributed by atoms with Crippen molar-refractivity contribution in [3.05, 3.63) is 0 Å². The van der Waals surface area contributed by atoms with E-state index in [4.69, 9.17) is 14.9 Å². The van der Waals surface area contributed by atoms with Crippen LogP contribution < -0.4 is 5.50 Å². The quantitative estimate of drug-likeness (QED) is 0.453. The summed E-state index contributed by atoms with van der Waals surface area (Å²) >= 11 is 0. The number of nitrogens with zero attached hydrogens (tertiary/aromatic N) is 1. The van der Waals surface area contributed by atoms with Gasteiger partial charge >= 0.3 is 7.75 Å². The molecule has 1 saturated heterocycles. The van der Waals surface area contributed by atoms with Gasteiger partial charge in [-0.05, 0) is 0 Å². The lowest BCUT2D eigenvalue weighted by atomic mass is 10.5. The summed E-state index contributed by atoms with van der Waals surface area (Å²) < 4.78 is 25.5. The number of hydrogen-bond donors (Lipinski definition) is 1. The summed E-state index contributed by atoms with van der Waals surface area (Å²) in [6.45, 7) is 2.24. The summed E-state index contributed by atoms with van der Waals surface area (Å²) in [6, 6.07) is 0. The first-order valence-corrected chi connectivity index (χ1v) is 5.22. The SMILES string of the molecule is BOP(N)(=O)ON1CCOCC1. The molecule has 0 bridgehead atoms. The van der Waals surface area contributed by atoms with Crippen LogP contribution in [0.1, 0.15) is 0 Å². The van der Waals surface area contributed by atoms with Crippen molar-refractivity contribution in [2.75, 3.05) is 26.3 Å². The molecular weight excluding hydrogens is 182 g/mol. The fourth-order valence-corrected chi connectivity index (χ4v) is 1.37. The van der Waals surface area contributed by atoms with Gasteiger partial charge in [0.15, 0.2) is 0 Å². The highest BCUT2D eigenvalue weighted by Gasteiger charge is 2.22. The van der Waals surface area contributed by atoms with Crippen molar-refractivity contribution in [3.8, 4) is 0 Å². The fourth-order valence-electron chi connectivity index (χ4n) is 0.823. The van der Waals surface area contributed by atoms with E-state index in [0.717, 1.165) is 0 Å². The predicted molar refractivity (Wildman–Crippen MR) is 44.9 cm³/mol. The van der Waals surface area contributed by atoms with E-state index in [0.29, 0.717) is 26.3 Å². The molecule has 0 aromatic heterocycles. The van der Waals surface area contributed by atoms with Gasteiger partial charge in [-0.2, -0.15) is 5.06 Å². The Labute approximate surface area is 71.9 Å². The van der Waals surface area contributed by atoms with E-state index in [1.54, 1.807) is 0 Å². The van der Waals surface area contributed by atoms with Gasteiger partial charge in [-0.15, -0.1) is 0 Å². The van der Waals surface area contributed by atoms with E-state index in [1.807, 2.05) is 0 Å². The zero-order valence-corrected chi connectivity index (χ0v) is 7.83. The Hall–Kier alpha value is 0.0949. The molecule has 0 amide bonds. The number of nitrogens with two attached hydrogens (primary N) is 1. The first-order chi connectivity index (χ1) is 5.64. The minimum absolute atomic E-state index is 0.559. The van der Waals surface area contributed by atoms with Crippen molar-refractivity contribution in [2.24, 2.45) is 5.50 Å². The third-order valence-electron chi connectivity index (χ3n) is 1.45. The smallest absolute Gasteiger partial charge is 0.379 e. The van der Waals surface area contributed by atoms with E-state index >= 15 is 0 Å². The van der Waals surface area contributed by atoms with Crippen LogP contribution in [-0.4, -0.2) is 39.4 Å². The molecule has 1 unspecified atom stereocenters. The highest BCUT2D eigenvalue weighted by Crippen LogP contribution is 2.38. The molecule has 2 N–H and O–H groups in total. The Kier molecular flexibility index (Phi) is 3.70. The van der Waals surface area contributed by atoms with Crippen LogP contribution in [0.3, 0.4) is 0 Å². The maximum atomic E-state index is 11.1. The summed E-state index contributed by atoms with van der Waals surface area (Å²) in [5.74, 6) is 0. The number of hydrogen-bond acceptors (Lipinski definition) is 5. The fraction of sp³-hybridized carbons (Fsp3) is 1.00. The highest BCUT2D eigenvalue weighted by molar-refractivity contribution is 7.52. The van der Waals surface area contributed by atoms with Gasteiger partial charge in [-0.3, -0.25) is 0 Å². The monoisotopic (exact) mass is 194 g/mol. The Morgan fingerprint density at radius 1 is 1.50 bits per heavy atom. The Bertz CT molecular complexity index is 186. The van der Waals surface area contributed by atoms with E-state index in [-0.39, 0.29) is 0 Å². The van der Waals surface area contributed by atoms with Gasteiger partial charge in [0.05, 0.1) is 13.2 Å². The normalized spacial score (nSPS) is 25.1. The van der Waals surface area contributed by atoms with Crippen molar-refractivity contribution < 1.29 is 18.4 Å². The molecule has 1 atom stereocenters. The Balaban J connectivity index is 2.34. The highest BCUT2D eigenvalue weighted by atomic mass is 31.2. The first kappa shape index (κ1) is 10.2. The molecule has 1 rings (SSSR count). The molecule has 1 fully saturated rings. The van der Waals surface area contributed by atoms with Gasteiger partial charge in [0, 0.05) is 13.1 Å². The predicted octanol–water partition coefficient (Wildman–Crippen LogP) is -1.12. The average Bonchev–Trinajstić information content (AvgIpc) is 2.06. The van der Waals surface area contributed by atoms with Gasteiger partial charge in [0.2, 0.25) is 0 Å². The molecule has 12 heavy (non-hydrogen) atoms. The van der Waals surface area contributed by atoms with Crippen molar-refractivity contribution >= 4 is 15.8 Å². The standard InChI is InChI=1S/C4H12BN2O4P/c5-10-12(6,8)11-7-1-3-9-4-2-7/h1-5H2,(H2,6,8). The number of ether oxygens (including phenoxy) is 1. The maximum absolute atomic E-state index is 11.1. The van der Waals surface area contributed by atoms with Crippen molar-refractivity contribution in [1.29, 1.82) is 0 Å². The molecule has 0 aromatic carbocycles. The largest absolute Gasteiger partial charge is 0.404 e. The second-order valence-corrected chi connectivity index (χ2v) is 3.95. The van der Waals surface area contributed by atoms with Gasteiger partial charge in [-0.1, -0.05) is 0 Å². The van der Waals surface area contributed by atoms with E-state index in [1.165, 1.54) is 13.1 Å². The summed E-state index contributed by atoms with van der Waals surface area (Å²) in [5, 5.41) is 1.49. The van der Waals surface area contributed by atoms with Crippen LogP contribution in [0.15, 0.2) is 0 Å². The summed E-state index contributed by atoms with van der Waals surface area (Å²) in [7, 11) is -2.12. The zero-order chi connectivity index (χ0) is 9.03. The molecule has 0 spiro atoms. The third-order valence-corrected chi connectivity index (χ3v) is 2.42. The third kappa shape index (κ3) is 3.22. The Morgan fingerprint density at radius 3 is 2.58 bits per heavy atom.